The Bertz CT molecular complexity index is 187. The van der Waals surface area contributed by atoms with Gasteiger partial charge in [0.25, 0.3) is 0 Å². The van der Waals surface area contributed by atoms with Gasteiger partial charge in [-0.25, -0.2) is 4.79 Å². The first kappa shape index (κ1) is 17.5. The molecule has 0 N–H and O–H groups in total. The lowest BCUT2D eigenvalue weighted by atomic mass is 10.5. The van der Waals surface area contributed by atoms with Gasteiger partial charge in [0.15, 0.2) is 9.76 Å². The molecule has 0 aliphatic rings. The maximum atomic E-state index is 10.5. The molecule has 0 heterocycles. The van der Waals surface area contributed by atoms with Crippen molar-refractivity contribution in [1.82, 2.24) is 0 Å². The molecule has 0 atom stereocenters. The van der Waals surface area contributed by atoms with Crippen LogP contribution in [-0.4, -0.2) is 28.9 Å². The highest BCUT2D eigenvalue weighted by Gasteiger charge is 1.94. The summed E-state index contributed by atoms with van der Waals surface area (Å²) in [6.45, 7) is 10.6. The minimum atomic E-state index is -0.357. The highest BCUT2D eigenvalue weighted by atomic mass is 28.2. The normalized spacial score (nSPS) is 10.2. The Morgan fingerprint density at radius 1 is 1.38 bits per heavy atom. The number of allylic oxidation sites excluding steroid dienone is 2. The van der Waals surface area contributed by atoms with Crippen LogP contribution in [0.3, 0.4) is 0 Å². The maximum Gasteiger partial charge on any atom is 0.330 e. The van der Waals surface area contributed by atoms with Crippen molar-refractivity contribution in [2.45, 2.75) is 33.2 Å². The van der Waals surface area contributed by atoms with Crippen molar-refractivity contribution in [2.75, 3.05) is 13.2 Å². The average Bonchev–Trinajstić information content (AvgIpc) is 2.33. The first-order chi connectivity index (χ1) is 7.72. The summed E-state index contributed by atoms with van der Waals surface area (Å²) in [6.07, 6.45) is 6.09. The third-order valence-electron chi connectivity index (χ3n) is 1.63. The monoisotopic (exact) mass is 244 g/mol. The lowest BCUT2D eigenvalue weighted by Crippen LogP contribution is -2.04. The van der Waals surface area contributed by atoms with Crippen LogP contribution in [0.25, 0.3) is 0 Å². The second-order valence-corrected chi connectivity index (χ2v) is 4.47. The zero-order valence-corrected chi connectivity index (χ0v) is 12.1. The SMILES string of the molecule is C=CC(=O)OCCC[SiH2]OCC.CC=CC. The van der Waals surface area contributed by atoms with E-state index in [0.29, 0.717) is 6.61 Å². The largest absolute Gasteiger partial charge is 0.463 e. The van der Waals surface area contributed by atoms with Gasteiger partial charge >= 0.3 is 5.97 Å². The molecule has 0 saturated carbocycles. The summed E-state index contributed by atoms with van der Waals surface area (Å²) in [5, 5.41) is 0. The molecule has 0 unspecified atom stereocenters. The van der Waals surface area contributed by atoms with E-state index in [4.69, 9.17) is 9.16 Å². The molecule has 4 heteroatoms. The van der Waals surface area contributed by atoms with E-state index in [-0.39, 0.29) is 15.7 Å². The summed E-state index contributed by atoms with van der Waals surface area (Å²) in [6, 6.07) is 1.07. The van der Waals surface area contributed by atoms with E-state index in [1.807, 2.05) is 32.9 Å². The molecule has 0 aliphatic carbocycles. The Balaban J connectivity index is 0. The quantitative estimate of drug-likeness (QED) is 0.226. The third kappa shape index (κ3) is 18.8. The number of carbonyl (C=O) groups is 1. The molecule has 0 aromatic rings. The molecule has 0 bridgehead atoms. The van der Waals surface area contributed by atoms with Crippen molar-refractivity contribution in [3.05, 3.63) is 24.8 Å². The standard InChI is InChI=1S/C8H16O3Si.C4H8/c1-3-8(9)10-6-5-7-12-11-4-2;1-3-4-2/h3H,1,4-7,12H2,2H3;3-4H,1-2H3. The summed E-state index contributed by atoms with van der Waals surface area (Å²) < 4.78 is 10.0. The van der Waals surface area contributed by atoms with Crippen LogP contribution in [-0.2, 0) is 14.0 Å². The number of hydrogen-bond acceptors (Lipinski definition) is 3. The fraction of sp³-hybridized carbons (Fsp3) is 0.583. The summed E-state index contributed by atoms with van der Waals surface area (Å²) in [5.74, 6) is -0.340. The van der Waals surface area contributed by atoms with Crippen molar-refractivity contribution in [3.8, 4) is 0 Å². The Morgan fingerprint density at radius 3 is 2.44 bits per heavy atom. The van der Waals surface area contributed by atoms with Gasteiger partial charge < -0.3 is 9.16 Å². The number of carbonyl (C=O) groups excluding carboxylic acids is 1. The molecule has 0 rings (SSSR count). The van der Waals surface area contributed by atoms with Crippen LogP contribution in [0.15, 0.2) is 24.8 Å². The van der Waals surface area contributed by atoms with Gasteiger partial charge in [0, 0.05) is 12.7 Å². The van der Waals surface area contributed by atoms with Gasteiger partial charge in [-0.05, 0) is 33.2 Å². The van der Waals surface area contributed by atoms with E-state index in [9.17, 15) is 4.79 Å². The second-order valence-electron chi connectivity index (χ2n) is 2.94. The van der Waals surface area contributed by atoms with E-state index in [1.54, 1.807) is 0 Å². The molecule has 16 heavy (non-hydrogen) atoms. The van der Waals surface area contributed by atoms with E-state index in [0.717, 1.165) is 19.1 Å². The fourth-order valence-corrected chi connectivity index (χ4v) is 1.58. The predicted octanol–water partition coefficient (Wildman–Crippen LogP) is 2.23. The lowest BCUT2D eigenvalue weighted by molar-refractivity contribution is -0.137. The second kappa shape index (κ2) is 16.6. The van der Waals surface area contributed by atoms with Gasteiger partial charge in [-0.3, -0.25) is 0 Å². The van der Waals surface area contributed by atoms with Crippen molar-refractivity contribution in [2.24, 2.45) is 0 Å². The van der Waals surface area contributed by atoms with Crippen LogP contribution in [0.5, 0.6) is 0 Å². The molecule has 0 aromatic carbocycles. The minimum absolute atomic E-state index is 0.340. The number of ether oxygens (including phenoxy) is 1. The molecule has 0 fully saturated rings. The van der Waals surface area contributed by atoms with E-state index < -0.39 is 0 Å². The molecule has 94 valence electrons. The molecular weight excluding hydrogens is 220 g/mol. The van der Waals surface area contributed by atoms with E-state index in [1.165, 1.54) is 6.08 Å². The number of rotatable bonds is 7. The van der Waals surface area contributed by atoms with Crippen molar-refractivity contribution < 1.29 is 14.0 Å². The number of esters is 1. The van der Waals surface area contributed by atoms with Gasteiger partial charge in [-0.1, -0.05) is 18.7 Å². The lowest BCUT2D eigenvalue weighted by Gasteiger charge is -2.01. The first-order valence-electron chi connectivity index (χ1n) is 5.67. The van der Waals surface area contributed by atoms with Gasteiger partial charge in [-0.2, -0.15) is 0 Å². The first-order valence-corrected chi connectivity index (χ1v) is 7.24. The van der Waals surface area contributed by atoms with Gasteiger partial charge in [0.05, 0.1) is 6.61 Å². The van der Waals surface area contributed by atoms with Gasteiger partial charge in [0.1, 0.15) is 0 Å². The minimum Gasteiger partial charge on any atom is -0.463 e. The Kier molecular flexibility index (Phi) is 18.1. The molecule has 0 aliphatic heterocycles. The zero-order chi connectivity index (χ0) is 12.6. The van der Waals surface area contributed by atoms with Gasteiger partial charge in [-0.15, -0.1) is 0 Å². The Hall–Kier alpha value is -0.873. The zero-order valence-electron chi connectivity index (χ0n) is 10.7. The summed E-state index contributed by atoms with van der Waals surface area (Å²) in [7, 11) is -0.357. The molecule has 3 nitrogen and oxygen atoms in total. The number of hydrogen-bond donors (Lipinski definition) is 0. The molecular formula is C12H24O3Si. The molecule has 0 amide bonds. The van der Waals surface area contributed by atoms with Crippen molar-refractivity contribution in [1.29, 1.82) is 0 Å². The molecule has 0 spiro atoms. The summed E-state index contributed by atoms with van der Waals surface area (Å²) in [5.41, 5.74) is 0. The fourth-order valence-electron chi connectivity index (χ4n) is 0.682. The van der Waals surface area contributed by atoms with Crippen LogP contribution < -0.4 is 0 Å². The van der Waals surface area contributed by atoms with E-state index >= 15 is 0 Å². The Morgan fingerprint density at radius 2 is 2.00 bits per heavy atom. The molecule has 0 radical (unpaired) electrons. The average molecular weight is 244 g/mol. The highest BCUT2D eigenvalue weighted by molar-refractivity contribution is 6.26. The van der Waals surface area contributed by atoms with Crippen LogP contribution in [0.4, 0.5) is 0 Å². The summed E-state index contributed by atoms with van der Waals surface area (Å²) >= 11 is 0. The third-order valence-corrected chi connectivity index (χ3v) is 3.12. The molecule has 0 aromatic heterocycles. The van der Waals surface area contributed by atoms with Crippen LogP contribution >= 0.6 is 0 Å². The van der Waals surface area contributed by atoms with Crippen LogP contribution in [0.1, 0.15) is 27.2 Å². The van der Waals surface area contributed by atoms with E-state index in [2.05, 4.69) is 6.58 Å². The van der Waals surface area contributed by atoms with Crippen LogP contribution in [0.2, 0.25) is 6.04 Å². The smallest absolute Gasteiger partial charge is 0.330 e. The van der Waals surface area contributed by atoms with Crippen LogP contribution in [0, 0.1) is 0 Å². The van der Waals surface area contributed by atoms with Crippen molar-refractivity contribution >= 4 is 15.7 Å². The highest BCUT2D eigenvalue weighted by Crippen LogP contribution is 1.91. The summed E-state index contributed by atoms with van der Waals surface area (Å²) in [4.78, 5) is 10.5. The predicted molar refractivity (Wildman–Crippen MR) is 71.2 cm³/mol. The van der Waals surface area contributed by atoms with Crippen molar-refractivity contribution in [3.63, 3.8) is 0 Å². The molecule has 0 saturated heterocycles. The van der Waals surface area contributed by atoms with Gasteiger partial charge in [0.2, 0.25) is 0 Å². The topological polar surface area (TPSA) is 35.5 Å². The maximum absolute atomic E-state index is 10.5. The Labute approximate surface area is 101 Å².